The van der Waals surface area contributed by atoms with Gasteiger partial charge in [-0.2, -0.15) is 5.26 Å². The molecule has 9 heteroatoms. The van der Waals surface area contributed by atoms with Crippen LogP contribution in [0.3, 0.4) is 0 Å². The second-order valence-electron chi connectivity index (χ2n) is 5.86. The molecule has 28 heavy (non-hydrogen) atoms. The van der Waals surface area contributed by atoms with Gasteiger partial charge in [0.15, 0.2) is 0 Å². The van der Waals surface area contributed by atoms with Crippen LogP contribution in [0.15, 0.2) is 34.0 Å². The number of carbonyl (C=O) groups excluding carboxylic acids is 1. The Morgan fingerprint density at radius 1 is 1.32 bits per heavy atom. The average molecular weight is 401 g/mol. The van der Waals surface area contributed by atoms with Crippen molar-refractivity contribution in [2.75, 3.05) is 6.61 Å². The van der Waals surface area contributed by atoms with Crippen molar-refractivity contribution in [3.05, 3.63) is 67.1 Å². The lowest BCUT2D eigenvalue weighted by atomic mass is 10.1. The van der Waals surface area contributed by atoms with Crippen molar-refractivity contribution in [1.82, 2.24) is 9.13 Å². The molecule has 0 aliphatic heterocycles. The summed E-state index contributed by atoms with van der Waals surface area (Å²) in [5.41, 5.74) is -1.45. The average Bonchev–Trinajstić information content (AvgIpc) is 3.05. The van der Waals surface area contributed by atoms with Gasteiger partial charge in [0.05, 0.1) is 13.2 Å². The Kier molecular flexibility index (Phi) is 5.42. The summed E-state index contributed by atoms with van der Waals surface area (Å²) in [7, 11) is 0. The van der Waals surface area contributed by atoms with E-state index in [9.17, 15) is 24.0 Å². The van der Waals surface area contributed by atoms with Crippen LogP contribution < -0.4 is 11.2 Å². The molecule has 3 aromatic rings. The van der Waals surface area contributed by atoms with Gasteiger partial charge >= 0.3 is 11.7 Å². The molecular formula is C19H16FN3O4S. The van der Waals surface area contributed by atoms with E-state index in [1.807, 2.05) is 0 Å². The highest BCUT2D eigenvalue weighted by molar-refractivity contribution is 7.21. The third-order valence-electron chi connectivity index (χ3n) is 4.24. The summed E-state index contributed by atoms with van der Waals surface area (Å²) in [5.74, 6) is -1.22. The minimum absolute atomic E-state index is 0.124. The number of aromatic nitrogens is 2. The summed E-state index contributed by atoms with van der Waals surface area (Å²) < 4.78 is 22.1. The van der Waals surface area contributed by atoms with Gasteiger partial charge in [-0.1, -0.05) is 6.07 Å². The number of nitriles is 1. The molecule has 0 amide bonds. The number of benzene rings is 1. The zero-order valence-electron chi connectivity index (χ0n) is 15.2. The Balaban J connectivity index is 2.30. The Labute approximate surface area is 162 Å². The molecule has 0 saturated carbocycles. The summed E-state index contributed by atoms with van der Waals surface area (Å²) >= 11 is 1.03. The van der Waals surface area contributed by atoms with Gasteiger partial charge in [-0.3, -0.25) is 13.9 Å². The number of nitrogens with zero attached hydrogens (tertiary/aromatic N) is 3. The lowest BCUT2D eigenvalue weighted by Crippen LogP contribution is -2.41. The molecule has 0 aliphatic carbocycles. The lowest BCUT2D eigenvalue weighted by Gasteiger charge is -2.10. The van der Waals surface area contributed by atoms with Gasteiger partial charge in [-0.25, -0.2) is 14.0 Å². The minimum atomic E-state index is -0.789. The second kappa shape index (κ2) is 7.78. The molecule has 0 unspecified atom stereocenters. The van der Waals surface area contributed by atoms with Crippen molar-refractivity contribution in [1.29, 1.82) is 5.26 Å². The highest BCUT2D eigenvalue weighted by atomic mass is 32.1. The van der Waals surface area contributed by atoms with E-state index in [0.29, 0.717) is 4.70 Å². The number of carbonyl (C=O) groups is 1. The van der Waals surface area contributed by atoms with E-state index < -0.39 is 23.0 Å². The van der Waals surface area contributed by atoms with Gasteiger partial charge in [0.25, 0.3) is 5.56 Å². The van der Waals surface area contributed by atoms with Crippen LogP contribution in [0, 0.1) is 17.1 Å². The predicted molar refractivity (Wildman–Crippen MR) is 102 cm³/mol. The van der Waals surface area contributed by atoms with E-state index in [4.69, 9.17) is 4.74 Å². The molecule has 7 nitrogen and oxygen atoms in total. The van der Waals surface area contributed by atoms with Crippen LogP contribution in [0.2, 0.25) is 0 Å². The fraction of sp³-hybridized carbons (Fsp3) is 0.263. The molecular weight excluding hydrogens is 385 g/mol. The van der Waals surface area contributed by atoms with Crippen molar-refractivity contribution < 1.29 is 13.9 Å². The minimum Gasteiger partial charge on any atom is -0.462 e. The number of aryl methyl sites for hydroxylation is 1. The van der Waals surface area contributed by atoms with Gasteiger partial charge in [0.2, 0.25) is 0 Å². The first-order valence-electron chi connectivity index (χ1n) is 8.54. The van der Waals surface area contributed by atoms with Crippen LogP contribution >= 0.6 is 11.3 Å². The maximum atomic E-state index is 14.5. The fourth-order valence-corrected chi connectivity index (χ4v) is 4.06. The van der Waals surface area contributed by atoms with E-state index >= 15 is 0 Å². The zero-order valence-corrected chi connectivity index (χ0v) is 16.0. The number of fused-ring (bicyclic) bond motifs is 1. The van der Waals surface area contributed by atoms with Crippen LogP contribution in [0.4, 0.5) is 4.39 Å². The standard InChI is InChI=1S/C19H16FN3O4S/c1-3-22-9-11(8-21)17(24)23(19(22)26)10-12-15-13(20)6-5-7-14(15)28-16(12)18(25)27-4-2/h5-7,9H,3-4,10H2,1-2H3. The number of ether oxygens (including phenoxy) is 1. The molecule has 3 rings (SSSR count). The van der Waals surface area contributed by atoms with Gasteiger partial charge in [0.1, 0.15) is 22.3 Å². The molecule has 0 fully saturated rings. The first-order valence-corrected chi connectivity index (χ1v) is 9.35. The highest BCUT2D eigenvalue weighted by Crippen LogP contribution is 2.34. The van der Waals surface area contributed by atoms with Crippen LogP contribution in [-0.4, -0.2) is 21.7 Å². The van der Waals surface area contributed by atoms with E-state index in [-0.39, 0.29) is 41.1 Å². The second-order valence-corrected chi connectivity index (χ2v) is 6.91. The molecule has 0 saturated heterocycles. The Hall–Kier alpha value is -3.25. The largest absolute Gasteiger partial charge is 0.462 e. The molecule has 2 aromatic heterocycles. The van der Waals surface area contributed by atoms with Crippen LogP contribution in [-0.2, 0) is 17.8 Å². The van der Waals surface area contributed by atoms with Crippen LogP contribution in [0.25, 0.3) is 10.1 Å². The number of thiophene rings is 1. The summed E-state index contributed by atoms with van der Waals surface area (Å²) in [6.07, 6.45) is 1.19. The summed E-state index contributed by atoms with van der Waals surface area (Å²) in [5, 5.41) is 9.36. The Bertz CT molecular complexity index is 1230. The predicted octanol–water partition coefficient (Wildman–Crippen LogP) is 2.48. The van der Waals surface area contributed by atoms with Gasteiger partial charge in [-0.05, 0) is 26.0 Å². The maximum absolute atomic E-state index is 14.5. The van der Waals surface area contributed by atoms with Gasteiger partial charge in [-0.15, -0.1) is 11.3 Å². The fourth-order valence-electron chi connectivity index (χ4n) is 2.93. The molecule has 0 atom stereocenters. The molecule has 0 spiro atoms. The zero-order chi connectivity index (χ0) is 20.4. The number of halogens is 1. The first kappa shape index (κ1) is 19.5. The molecule has 2 heterocycles. The number of esters is 1. The molecule has 0 bridgehead atoms. The van der Waals surface area contributed by atoms with Crippen molar-refractivity contribution in [2.24, 2.45) is 0 Å². The quantitative estimate of drug-likeness (QED) is 0.612. The van der Waals surface area contributed by atoms with Crippen molar-refractivity contribution in [3.63, 3.8) is 0 Å². The van der Waals surface area contributed by atoms with Crippen molar-refractivity contribution >= 4 is 27.4 Å². The Morgan fingerprint density at radius 3 is 2.71 bits per heavy atom. The van der Waals surface area contributed by atoms with Gasteiger partial charge < -0.3 is 4.74 Å². The summed E-state index contributed by atoms with van der Waals surface area (Å²) in [4.78, 5) is 37.7. The molecule has 1 aromatic carbocycles. The van der Waals surface area contributed by atoms with Gasteiger partial charge in [0, 0.05) is 28.4 Å². The third-order valence-corrected chi connectivity index (χ3v) is 5.42. The number of rotatable bonds is 5. The van der Waals surface area contributed by atoms with Crippen molar-refractivity contribution in [3.8, 4) is 6.07 Å². The van der Waals surface area contributed by atoms with E-state index in [1.165, 1.54) is 22.9 Å². The highest BCUT2D eigenvalue weighted by Gasteiger charge is 2.23. The Morgan fingerprint density at radius 2 is 2.07 bits per heavy atom. The first-order chi connectivity index (χ1) is 13.4. The van der Waals surface area contributed by atoms with Crippen LogP contribution in [0.5, 0.6) is 0 Å². The number of hydrogen-bond donors (Lipinski definition) is 0. The monoisotopic (exact) mass is 401 g/mol. The molecule has 0 aliphatic rings. The maximum Gasteiger partial charge on any atom is 0.348 e. The van der Waals surface area contributed by atoms with Crippen molar-refractivity contribution in [2.45, 2.75) is 26.9 Å². The molecule has 0 N–H and O–H groups in total. The topological polar surface area (TPSA) is 94.1 Å². The SMILES string of the molecule is CCOC(=O)c1sc2cccc(F)c2c1Cn1c(=O)c(C#N)cn(CC)c1=O. The lowest BCUT2D eigenvalue weighted by molar-refractivity contribution is 0.0531. The smallest absolute Gasteiger partial charge is 0.348 e. The third kappa shape index (κ3) is 3.23. The number of hydrogen-bond acceptors (Lipinski definition) is 6. The molecule has 144 valence electrons. The molecule has 0 radical (unpaired) electrons. The summed E-state index contributed by atoms with van der Waals surface area (Å²) in [6.45, 7) is 3.37. The van der Waals surface area contributed by atoms with E-state index in [2.05, 4.69) is 0 Å². The van der Waals surface area contributed by atoms with E-state index in [1.54, 1.807) is 26.0 Å². The van der Waals surface area contributed by atoms with E-state index in [0.717, 1.165) is 15.9 Å². The normalized spacial score (nSPS) is 10.8. The van der Waals surface area contributed by atoms with Crippen LogP contribution in [0.1, 0.15) is 34.6 Å². The summed E-state index contributed by atoms with van der Waals surface area (Å²) in [6, 6.07) is 6.17.